The Morgan fingerprint density at radius 1 is 1.12 bits per heavy atom. The number of pyridine rings is 1. The molecule has 3 aromatic rings. The Hall–Kier alpha value is -3.85. The number of ether oxygens (including phenoxy) is 1. The zero-order valence-electron chi connectivity index (χ0n) is 17.6. The molecule has 2 aromatic carbocycles. The van der Waals surface area contributed by atoms with Crippen molar-refractivity contribution >= 4 is 35.1 Å². The predicted octanol–water partition coefficient (Wildman–Crippen LogP) is 5.55. The molecule has 6 nitrogen and oxygen atoms in total. The summed E-state index contributed by atoms with van der Waals surface area (Å²) in [6.45, 7) is 1.47. The standard InChI is InChI=1S/C24H18ClF3N4O2/c25-20-6-5-16(13-19(20)24(26,27)28)32-22(33)7-4-15-2-1-3-17(12-15)34-18-8-9-29-21(14-18)23-30-10-11-31-23/h1-9,12-14H,10-11H2,(H,30,31)(H,32,33)/b7-4+. The van der Waals surface area contributed by atoms with Gasteiger partial charge in [0, 0.05) is 30.6 Å². The summed E-state index contributed by atoms with van der Waals surface area (Å²) in [5.41, 5.74) is 0.309. The molecule has 0 atom stereocenters. The maximum absolute atomic E-state index is 13.0. The number of aliphatic imine (C=N–C) groups is 1. The van der Waals surface area contributed by atoms with Gasteiger partial charge in [-0.2, -0.15) is 13.2 Å². The average Bonchev–Trinajstić information content (AvgIpc) is 3.34. The Labute approximate surface area is 198 Å². The lowest BCUT2D eigenvalue weighted by atomic mass is 10.2. The van der Waals surface area contributed by atoms with Crippen LogP contribution in [0.25, 0.3) is 6.08 Å². The maximum Gasteiger partial charge on any atom is 0.417 e. The molecule has 0 unspecified atom stereocenters. The largest absolute Gasteiger partial charge is 0.457 e. The number of amidine groups is 1. The lowest BCUT2D eigenvalue weighted by Gasteiger charge is -2.11. The quantitative estimate of drug-likeness (QED) is 0.448. The first-order valence-electron chi connectivity index (χ1n) is 10.2. The molecule has 2 N–H and O–H groups in total. The number of hydrogen-bond acceptors (Lipinski definition) is 5. The van der Waals surface area contributed by atoms with Gasteiger partial charge in [0.15, 0.2) is 0 Å². The Balaban J connectivity index is 1.42. The van der Waals surface area contributed by atoms with Gasteiger partial charge in [0.05, 0.1) is 17.1 Å². The number of rotatable bonds is 6. The number of carbonyl (C=O) groups excluding carboxylic acids is 1. The van der Waals surface area contributed by atoms with E-state index in [1.54, 1.807) is 42.6 Å². The minimum Gasteiger partial charge on any atom is -0.457 e. The van der Waals surface area contributed by atoms with Crippen LogP contribution in [-0.2, 0) is 11.0 Å². The van der Waals surface area contributed by atoms with Crippen molar-refractivity contribution in [3.63, 3.8) is 0 Å². The lowest BCUT2D eigenvalue weighted by Crippen LogP contribution is -2.20. The van der Waals surface area contributed by atoms with E-state index in [4.69, 9.17) is 16.3 Å². The molecule has 0 spiro atoms. The predicted molar refractivity (Wildman–Crippen MR) is 124 cm³/mol. The van der Waals surface area contributed by atoms with Crippen LogP contribution in [0.15, 0.2) is 71.9 Å². The SMILES string of the molecule is O=C(/C=C/c1cccc(Oc2ccnc(C3=NCCN3)c2)c1)Nc1ccc(Cl)c(C(F)(F)F)c1. The van der Waals surface area contributed by atoms with E-state index in [1.165, 1.54) is 18.2 Å². The van der Waals surface area contributed by atoms with E-state index in [9.17, 15) is 18.0 Å². The summed E-state index contributed by atoms with van der Waals surface area (Å²) in [6.07, 6.45) is -0.250. The van der Waals surface area contributed by atoms with Gasteiger partial charge in [-0.25, -0.2) is 0 Å². The third-order valence-corrected chi connectivity index (χ3v) is 5.04. The molecule has 2 heterocycles. The van der Waals surface area contributed by atoms with E-state index in [0.717, 1.165) is 24.5 Å². The summed E-state index contributed by atoms with van der Waals surface area (Å²) in [7, 11) is 0. The maximum atomic E-state index is 13.0. The van der Waals surface area contributed by atoms with Gasteiger partial charge < -0.3 is 15.4 Å². The Kier molecular flexibility index (Phi) is 6.83. The molecule has 0 aliphatic carbocycles. The molecule has 0 fully saturated rings. The highest BCUT2D eigenvalue weighted by Gasteiger charge is 2.33. The number of carbonyl (C=O) groups is 1. The van der Waals surface area contributed by atoms with Crippen LogP contribution in [0.1, 0.15) is 16.8 Å². The van der Waals surface area contributed by atoms with Gasteiger partial charge >= 0.3 is 6.18 Å². The third-order valence-electron chi connectivity index (χ3n) is 4.71. The topological polar surface area (TPSA) is 75.6 Å². The summed E-state index contributed by atoms with van der Waals surface area (Å²) in [5, 5.41) is 5.11. The monoisotopic (exact) mass is 486 g/mol. The Bertz CT molecular complexity index is 1280. The molecule has 0 saturated heterocycles. The summed E-state index contributed by atoms with van der Waals surface area (Å²) in [5.74, 6) is 1.23. The molecule has 4 rings (SSSR count). The number of alkyl halides is 3. The molecular formula is C24H18ClF3N4O2. The molecule has 0 saturated carbocycles. The molecule has 10 heteroatoms. The molecule has 0 radical (unpaired) electrons. The molecule has 1 aliphatic heterocycles. The second-order valence-corrected chi connectivity index (χ2v) is 7.63. The normalized spacial score (nSPS) is 13.5. The highest BCUT2D eigenvalue weighted by Crippen LogP contribution is 2.36. The zero-order chi connectivity index (χ0) is 24.1. The average molecular weight is 487 g/mol. The van der Waals surface area contributed by atoms with E-state index >= 15 is 0 Å². The molecule has 34 heavy (non-hydrogen) atoms. The Morgan fingerprint density at radius 2 is 1.94 bits per heavy atom. The molecule has 174 valence electrons. The van der Waals surface area contributed by atoms with Crippen LogP contribution < -0.4 is 15.4 Å². The summed E-state index contributed by atoms with van der Waals surface area (Å²) < 4.78 is 44.9. The van der Waals surface area contributed by atoms with Crippen LogP contribution in [0.5, 0.6) is 11.5 Å². The number of nitrogens with one attached hydrogen (secondary N) is 2. The number of nitrogens with zero attached hydrogens (tertiary/aromatic N) is 2. The first-order chi connectivity index (χ1) is 16.3. The van der Waals surface area contributed by atoms with Gasteiger partial charge in [-0.15, -0.1) is 0 Å². The van der Waals surface area contributed by atoms with Crippen molar-refractivity contribution in [3.8, 4) is 11.5 Å². The minimum atomic E-state index is -4.62. The summed E-state index contributed by atoms with van der Waals surface area (Å²) in [4.78, 5) is 20.8. The van der Waals surface area contributed by atoms with Crippen molar-refractivity contribution in [2.24, 2.45) is 4.99 Å². The number of anilines is 1. The van der Waals surface area contributed by atoms with Gasteiger partial charge in [-0.05, 0) is 48.0 Å². The lowest BCUT2D eigenvalue weighted by molar-refractivity contribution is -0.137. The molecule has 1 aliphatic rings. The van der Waals surface area contributed by atoms with Crippen LogP contribution in [0, 0.1) is 0 Å². The van der Waals surface area contributed by atoms with E-state index in [0.29, 0.717) is 29.3 Å². The van der Waals surface area contributed by atoms with Crippen LogP contribution in [-0.4, -0.2) is 29.8 Å². The van der Waals surface area contributed by atoms with E-state index < -0.39 is 22.7 Å². The zero-order valence-corrected chi connectivity index (χ0v) is 18.3. The van der Waals surface area contributed by atoms with Crippen molar-refractivity contribution in [1.82, 2.24) is 10.3 Å². The highest BCUT2D eigenvalue weighted by molar-refractivity contribution is 6.31. The van der Waals surface area contributed by atoms with Gasteiger partial charge in [0.1, 0.15) is 23.0 Å². The fraction of sp³-hybridized carbons (Fsp3) is 0.125. The fourth-order valence-corrected chi connectivity index (χ4v) is 3.39. The van der Waals surface area contributed by atoms with E-state index in [-0.39, 0.29) is 5.69 Å². The summed E-state index contributed by atoms with van der Waals surface area (Å²) >= 11 is 5.60. The van der Waals surface area contributed by atoms with Crippen LogP contribution >= 0.6 is 11.6 Å². The smallest absolute Gasteiger partial charge is 0.417 e. The minimum absolute atomic E-state index is 0.0155. The molecule has 1 amide bonds. The van der Waals surface area contributed by atoms with E-state index in [1.807, 2.05) is 0 Å². The molecule has 1 aromatic heterocycles. The van der Waals surface area contributed by atoms with Crippen molar-refractivity contribution in [1.29, 1.82) is 0 Å². The number of hydrogen-bond donors (Lipinski definition) is 2. The first-order valence-corrected chi connectivity index (χ1v) is 10.5. The Morgan fingerprint density at radius 3 is 2.71 bits per heavy atom. The van der Waals surface area contributed by atoms with Gasteiger partial charge in [-0.1, -0.05) is 23.7 Å². The third kappa shape index (κ3) is 5.93. The first kappa shape index (κ1) is 23.3. The second kappa shape index (κ2) is 9.96. The number of aromatic nitrogens is 1. The van der Waals surface area contributed by atoms with Crippen LogP contribution in [0.4, 0.5) is 18.9 Å². The van der Waals surface area contributed by atoms with Crippen molar-refractivity contribution in [2.75, 3.05) is 18.4 Å². The summed E-state index contributed by atoms with van der Waals surface area (Å²) in [6, 6.07) is 13.7. The second-order valence-electron chi connectivity index (χ2n) is 7.22. The van der Waals surface area contributed by atoms with E-state index in [2.05, 4.69) is 20.6 Å². The molecule has 0 bridgehead atoms. The molecular weight excluding hydrogens is 469 g/mol. The number of halogens is 4. The van der Waals surface area contributed by atoms with Crippen molar-refractivity contribution in [2.45, 2.75) is 6.18 Å². The van der Waals surface area contributed by atoms with Crippen molar-refractivity contribution < 1.29 is 22.7 Å². The highest BCUT2D eigenvalue weighted by atomic mass is 35.5. The van der Waals surface area contributed by atoms with Gasteiger partial charge in [0.2, 0.25) is 5.91 Å². The number of benzene rings is 2. The van der Waals surface area contributed by atoms with Crippen LogP contribution in [0.2, 0.25) is 5.02 Å². The number of amides is 1. The van der Waals surface area contributed by atoms with Crippen LogP contribution in [0.3, 0.4) is 0 Å². The van der Waals surface area contributed by atoms with Crippen molar-refractivity contribution in [3.05, 3.63) is 88.7 Å². The van der Waals surface area contributed by atoms with Gasteiger partial charge in [0.25, 0.3) is 0 Å². The van der Waals surface area contributed by atoms with Gasteiger partial charge in [-0.3, -0.25) is 14.8 Å². The fourth-order valence-electron chi connectivity index (χ4n) is 3.17.